The maximum Gasteiger partial charge on any atom is 0.137 e. The highest BCUT2D eigenvalue weighted by Gasteiger charge is 2.32. The maximum atomic E-state index is 13.5. The summed E-state index contributed by atoms with van der Waals surface area (Å²) in [5.74, 6) is -0.191. The Labute approximate surface area is 118 Å². The molecule has 0 spiro atoms. The van der Waals surface area contributed by atoms with Crippen molar-refractivity contribution in [1.29, 1.82) is 0 Å². The minimum Gasteiger partial charge on any atom is -0.381 e. The third-order valence-electron chi connectivity index (χ3n) is 3.28. The molecule has 17 heavy (non-hydrogen) atoms. The second-order valence-electron chi connectivity index (χ2n) is 4.68. The standard InChI is InChI=1S/C13H15Br2FO/c14-8-13(5-2-6-17-9-13)7-10-3-1-4-11(16)12(10)15/h1,3-4H,2,5-9H2. The number of ether oxygens (including phenoxy) is 1. The molecule has 1 aliphatic rings. The predicted octanol–water partition coefficient (Wildman–Crippen LogP) is 4.32. The van der Waals surface area contributed by atoms with Gasteiger partial charge in [0.05, 0.1) is 11.1 Å². The molecule has 1 atom stereocenters. The second-order valence-corrected chi connectivity index (χ2v) is 6.03. The molecule has 2 rings (SSSR count). The SMILES string of the molecule is Fc1cccc(CC2(CBr)CCCOC2)c1Br. The Hall–Kier alpha value is 0.0700. The van der Waals surface area contributed by atoms with Crippen LogP contribution < -0.4 is 0 Å². The van der Waals surface area contributed by atoms with Crippen molar-refractivity contribution in [1.82, 2.24) is 0 Å². The molecule has 0 radical (unpaired) electrons. The molecule has 1 saturated heterocycles. The van der Waals surface area contributed by atoms with Crippen LogP contribution in [0.2, 0.25) is 0 Å². The van der Waals surface area contributed by atoms with Crippen molar-refractivity contribution in [3.63, 3.8) is 0 Å². The van der Waals surface area contributed by atoms with Crippen molar-refractivity contribution >= 4 is 31.9 Å². The molecule has 0 aliphatic carbocycles. The van der Waals surface area contributed by atoms with Crippen molar-refractivity contribution in [2.45, 2.75) is 19.3 Å². The van der Waals surface area contributed by atoms with Crippen molar-refractivity contribution in [2.24, 2.45) is 5.41 Å². The summed E-state index contributed by atoms with van der Waals surface area (Å²) in [6, 6.07) is 5.22. The van der Waals surface area contributed by atoms with Gasteiger partial charge in [0, 0.05) is 17.4 Å². The van der Waals surface area contributed by atoms with Crippen LogP contribution in [0.5, 0.6) is 0 Å². The van der Waals surface area contributed by atoms with Crippen LogP contribution in [0.4, 0.5) is 4.39 Å². The van der Waals surface area contributed by atoms with Gasteiger partial charge in [-0.05, 0) is 46.8 Å². The van der Waals surface area contributed by atoms with Gasteiger partial charge in [0.15, 0.2) is 0 Å². The summed E-state index contributed by atoms with van der Waals surface area (Å²) in [6.07, 6.45) is 3.05. The fraction of sp³-hybridized carbons (Fsp3) is 0.538. The lowest BCUT2D eigenvalue weighted by Gasteiger charge is -2.36. The second kappa shape index (κ2) is 5.81. The van der Waals surface area contributed by atoms with Crippen LogP contribution in [0.3, 0.4) is 0 Å². The molecule has 1 aromatic carbocycles. The molecular formula is C13H15Br2FO. The van der Waals surface area contributed by atoms with E-state index in [4.69, 9.17) is 4.74 Å². The smallest absolute Gasteiger partial charge is 0.137 e. The van der Waals surface area contributed by atoms with Gasteiger partial charge in [-0.1, -0.05) is 28.1 Å². The Morgan fingerprint density at radius 1 is 1.41 bits per heavy atom. The lowest BCUT2D eigenvalue weighted by molar-refractivity contribution is 0.00604. The van der Waals surface area contributed by atoms with Gasteiger partial charge in [-0.25, -0.2) is 4.39 Å². The van der Waals surface area contributed by atoms with Gasteiger partial charge in [0.25, 0.3) is 0 Å². The number of halogens is 3. The lowest BCUT2D eigenvalue weighted by atomic mass is 9.79. The molecule has 1 aromatic rings. The average molecular weight is 366 g/mol. The number of hydrogen-bond acceptors (Lipinski definition) is 1. The first-order valence-electron chi connectivity index (χ1n) is 5.73. The molecule has 0 bridgehead atoms. The summed E-state index contributed by atoms with van der Waals surface area (Å²) in [5.41, 5.74) is 1.13. The van der Waals surface area contributed by atoms with Gasteiger partial charge in [0.2, 0.25) is 0 Å². The highest BCUT2D eigenvalue weighted by atomic mass is 79.9. The van der Waals surface area contributed by atoms with Crippen LogP contribution in [0.25, 0.3) is 0 Å². The highest BCUT2D eigenvalue weighted by molar-refractivity contribution is 9.10. The van der Waals surface area contributed by atoms with Crippen LogP contribution in [-0.4, -0.2) is 18.5 Å². The number of hydrogen-bond donors (Lipinski definition) is 0. The molecule has 0 aromatic heterocycles. The summed E-state index contributed by atoms with van der Waals surface area (Å²) in [6.45, 7) is 1.60. The van der Waals surface area contributed by atoms with E-state index in [0.717, 1.165) is 43.4 Å². The van der Waals surface area contributed by atoms with E-state index in [-0.39, 0.29) is 11.2 Å². The largest absolute Gasteiger partial charge is 0.381 e. The molecule has 0 amide bonds. The van der Waals surface area contributed by atoms with E-state index in [0.29, 0.717) is 4.47 Å². The summed E-state index contributed by atoms with van der Waals surface area (Å²) in [5, 5.41) is 0.892. The van der Waals surface area contributed by atoms with E-state index in [1.54, 1.807) is 6.07 Å². The molecule has 0 N–H and O–H groups in total. The maximum absolute atomic E-state index is 13.5. The first-order chi connectivity index (χ1) is 8.17. The number of rotatable bonds is 3. The quantitative estimate of drug-likeness (QED) is 0.724. The predicted molar refractivity (Wildman–Crippen MR) is 74.1 cm³/mol. The first-order valence-corrected chi connectivity index (χ1v) is 7.65. The Balaban J connectivity index is 2.20. The summed E-state index contributed by atoms with van der Waals surface area (Å²) >= 11 is 6.91. The normalized spacial score (nSPS) is 24.9. The molecule has 1 nitrogen and oxygen atoms in total. The fourth-order valence-electron chi connectivity index (χ4n) is 2.29. The monoisotopic (exact) mass is 364 g/mol. The minimum absolute atomic E-state index is 0.106. The van der Waals surface area contributed by atoms with Gasteiger partial charge >= 0.3 is 0 Å². The Morgan fingerprint density at radius 3 is 2.88 bits per heavy atom. The zero-order valence-electron chi connectivity index (χ0n) is 9.52. The van der Waals surface area contributed by atoms with Gasteiger partial charge in [0.1, 0.15) is 5.82 Å². The van der Waals surface area contributed by atoms with E-state index in [1.807, 2.05) is 6.07 Å². The summed E-state index contributed by atoms with van der Waals surface area (Å²) < 4.78 is 19.6. The Kier molecular flexibility index (Phi) is 4.61. The summed E-state index contributed by atoms with van der Waals surface area (Å²) in [7, 11) is 0. The Bertz CT molecular complexity index is 389. The van der Waals surface area contributed by atoms with Crippen LogP contribution >= 0.6 is 31.9 Å². The highest BCUT2D eigenvalue weighted by Crippen LogP contribution is 2.36. The van der Waals surface area contributed by atoms with Gasteiger partial charge < -0.3 is 4.74 Å². The van der Waals surface area contributed by atoms with Crippen molar-refractivity contribution in [2.75, 3.05) is 18.5 Å². The molecular weight excluding hydrogens is 351 g/mol. The van der Waals surface area contributed by atoms with Gasteiger partial charge in [-0.3, -0.25) is 0 Å². The van der Waals surface area contributed by atoms with Crippen LogP contribution in [0.1, 0.15) is 18.4 Å². The zero-order valence-corrected chi connectivity index (χ0v) is 12.7. The molecule has 1 heterocycles. The Morgan fingerprint density at radius 2 is 2.24 bits per heavy atom. The van der Waals surface area contributed by atoms with E-state index < -0.39 is 0 Å². The molecule has 1 fully saturated rings. The number of alkyl halides is 1. The summed E-state index contributed by atoms with van der Waals surface area (Å²) in [4.78, 5) is 0. The van der Waals surface area contributed by atoms with Crippen molar-refractivity contribution < 1.29 is 9.13 Å². The fourth-order valence-corrected chi connectivity index (χ4v) is 3.34. The van der Waals surface area contributed by atoms with Gasteiger partial charge in [-0.15, -0.1) is 0 Å². The third kappa shape index (κ3) is 3.09. The molecule has 4 heteroatoms. The molecule has 0 saturated carbocycles. The topological polar surface area (TPSA) is 9.23 Å². The lowest BCUT2D eigenvalue weighted by Crippen LogP contribution is -2.35. The number of benzene rings is 1. The molecule has 94 valence electrons. The first kappa shape index (κ1) is 13.5. The third-order valence-corrected chi connectivity index (χ3v) is 5.36. The molecule has 1 unspecified atom stereocenters. The van der Waals surface area contributed by atoms with Gasteiger partial charge in [-0.2, -0.15) is 0 Å². The van der Waals surface area contributed by atoms with Crippen LogP contribution in [0, 0.1) is 11.2 Å². The van der Waals surface area contributed by atoms with E-state index in [9.17, 15) is 4.39 Å². The average Bonchev–Trinajstić information content (AvgIpc) is 2.36. The van der Waals surface area contributed by atoms with Crippen molar-refractivity contribution in [3.8, 4) is 0 Å². The van der Waals surface area contributed by atoms with Crippen LogP contribution in [-0.2, 0) is 11.2 Å². The minimum atomic E-state index is -0.191. The zero-order chi connectivity index (χ0) is 12.3. The van der Waals surface area contributed by atoms with E-state index in [2.05, 4.69) is 31.9 Å². The van der Waals surface area contributed by atoms with E-state index >= 15 is 0 Å². The van der Waals surface area contributed by atoms with E-state index in [1.165, 1.54) is 6.07 Å². The van der Waals surface area contributed by atoms with Crippen molar-refractivity contribution in [3.05, 3.63) is 34.1 Å². The molecule has 1 aliphatic heterocycles. The van der Waals surface area contributed by atoms with Crippen LogP contribution in [0.15, 0.2) is 22.7 Å².